The van der Waals surface area contributed by atoms with Crippen LogP contribution in [0.15, 0.2) is 24.3 Å². The van der Waals surface area contributed by atoms with Gasteiger partial charge in [-0.2, -0.15) is 0 Å². The second-order valence-electron chi connectivity index (χ2n) is 8.85. The van der Waals surface area contributed by atoms with E-state index in [1.54, 1.807) is 6.92 Å². The highest BCUT2D eigenvalue weighted by molar-refractivity contribution is 6.30. The number of halogens is 1. The normalized spacial score (nSPS) is 18.2. The van der Waals surface area contributed by atoms with Gasteiger partial charge in [0.1, 0.15) is 34.8 Å². The van der Waals surface area contributed by atoms with Crippen LogP contribution in [0.5, 0.6) is 17.2 Å². The second kappa shape index (κ2) is 10.7. The molecule has 2 aromatic rings. The SMILES string of the molecule is CCOC(=O)C(Cl)Cc1ccc(OCC2(C)CCc3c(C)c(OCC)c(C)c(C)c3O2)cc1. The van der Waals surface area contributed by atoms with Crippen molar-refractivity contribution in [2.75, 3.05) is 19.8 Å². The molecule has 0 aromatic heterocycles. The van der Waals surface area contributed by atoms with Crippen LogP contribution in [-0.4, -0.2) is 36.8 Å². The number of ether oxygens (including phenoxy) is 4. The van der Waals surface area contributed by atoms with Crippen molar-refractivity contribution in [2.45, 2.75) is 71.8 Å². The van der Waals surface area contributed by atoms with E-state index in [2.05, 4.69) is 27.7 Å². The van der Waals surface area contributed by atoms with E-state index in [1.165, 1.54) is 11.1 Å². The summed E-state index contributed by atoms with van der Waals surface area (Å²) in [5, 5.41) is -0.690. The lowest BCUT2D eigenvalue weighted by molar-refractivity contribution is -0.142. The molecule has 3 rings (SSSR count). The molecule has 0 bridgehead atoms. The Morgan fingerprint density at radius 3 is 2.39 bits per heavy atom. The van der Waals surface area contributed by atoms with Crippen molar-refractivity contribution in [2.24, 2.45) is 0 Å². The molecule has 2 aromatic carbocycles. The largest absolute Gasteiger partial charge is 0.493 e. The van der Waals surface area contributed by atoms with Gasteiger partial charge in [-0.25, -0.2) is 0 Å². The molecule has 0 amide bonds. The monoisotopic (exact) mass is 474 g/mol. The van der Waals surface area contributed by atoms with E-state index < -0.39 is 16.9 Å². The molecule has 0 aliphatic carbocycles. The molecule has 180 valence electrons. The average Bonchev–Trinajstić information content (AvgIpc) is 2.80. The molecule has 5 nitrogen and oxygen atoms in total. The number of hydrogen-bond donors (Lipinski definition) is 0. The molecule has 2 unspecified atom stereocenters. The minimum absolute atomic E-state index is 0.326. The van der Waals surface area contributed by atoms with Gasteiger partial charge in [0.15, 0.2) is 0 Å². The molecule has 1 heterocycles. The summed E-state index contributed by atoms with van der Waals surface area (Å²) in [6.07, 6.45) is 2.20. The van der Waals surface area contributed by atoms with Gasteiger partial charge in [-0.15, -0.1) is 11.6 Å². The Morgan fingerprint density at radius 2 is 1.76 bits per heavy atom. The maximum atomic E-state index is 11.7. The van der Waals surface area contributed by atoms with Gasteiger partial charge < -0.3 is 18.9 Å². The number of fused-ring (bicyclic) bond motifs is 1. The van der Waals surface area contributed by atoms with Gasteiger partial charge in [0.25, 0.3) is 0 Å². The van der Waals surface area contributed by atoms with Crippen LogP contribution in [0.3, 0.4) is 0 Å². The van der Waals surface area contributed by atoms with Crippen LogP contribution in [0.2, 0.25) is 0 Å². The molecule has 1 aliphatic rings. The topological polar surface area (TPSA) is 54.0 Å². The van der Waals surface area contributed by atoms with E-state index in [1.807, 2.05) is 31.2 Å². The highest BCUT2D eigenvalue weighted by Crippen LogP contribution is 2.43. The van der Waals surface area contributed by atoms with Crippen LogP contribution >= 0.6 is 11.6 Å². The van der Waals surface area contributed by atoms with Crippen LogP contribution in [0.1, 0.15) is 55.0 Å². The van der Waals surface area contributed by atoms with Crippen LogP contribution in [-0.2, 0) is 22.4 Å². The third-order valence-corrected chi connectivity index (χ3v) is 6.61. The van der Waals surface area contributed by atoms with Crippen molar-refractivity contribution in [1.29, 1.82) is 0 Å². The lowest BCUT2D eigenvalue weighted by atomic mass is 9.87. The molecule has 0 saturated heterocycles. The molecule has 0 fully saturated rings. The van der Waals surface area contributed by atoms with Crippen molar-refractivity contribution in [3.8, 4) is 17.2 Å². The predicted octanol–water partition coefficient (Wildman–Crippen LogP) is 5.89. The molecule has 0 spiro atoms. The van der Waals surface area contributed by atoms with Crippen LogP contribution in [0.4, 0.5) is 0 Å². The van der Waals surface area contributed by atoms with Crippen molar-refractivity contribution >= 4 is 17.6 Å². The fourth-order valence-corrected chi connectivity index (χ4v) is 4.47. The molecular weight excluding hydrogens is 440 g/mol. The Bertz CT molecular complexity index is 985. The zero-order chi connectivity index (χ0) is 24.2. The van der Waals surface area contributed by atoms with Gasteiger partial charge in [-0.3, -0.25) is 4.79 Å². The number of alkyl halides is 1. The maximum Gasteiger partial charge on any atom is 0.324 e. The van der Waals surface area contributed by atoms with Gasteiger partial charge in [0.05, 0.1) is 13.2 Å². The summed E-state index contributed by atoms with van der Waals surface area (Å²) in [6, 6.07) is 7.65. The van der Waals surface area contributed by atoms with Crippen molar-refractivity contribution < 1.29 is 23.7 Å². The van der Waals surface area contributed by atoms with Gasteiger partial charge in [0, 0.05) is 5.56 Å². The fraction of sp³-hybridized carbons (Fsp3) is 0.519. The molecule has 33 heavy (non-hydrogen) atoms. The van der Waals surface area contributed by atoms with Crippen molar-refractivity contribution in [3.63, 3.8) is 0 Å². The Kier molecular flexibility index (Phi) is 8.17. The van der Waals surface area contributed by atoms with Gasteiger partial charge in [0.2, 0.25) is 0 Å². The number of hydrogen-bond acceptors (Lipinski definition) is 5. The van der Waals surface area contributed by atoms with E-state index >= 15 is 0 Å². The van der Waals surface area contributed by atoms with E-state index in [-0.39, 0.29) is 0 Å². The summed E-state index contributed by atoms with van der Waals surface area (Å²) in [5.41, 5.74) is 5.21. The summed E-state index contributed by atoms with van der Waals surface area (Å²) in [4.78, 5) is 11.7. The smallest absolute Gasteiger partial charge is 0.324 e. The number of carbonyl (C=O) groups excluding carboxylic acids is 1. The summed E-state index contributed by atoms with van der Waals surface area (Å²) in [6.45, 7) is 13.6. The zero-order valence-corrected chi connectivity index (χ0v) is 21.3. The lowest BCUT2D eigenvalue weighted by Crippen LogP contribution is -2.42. The first-order valence-corrected chi connectivity index (χ1v) is 12.1. The van der Waals surface area contributed by atoms with Gasteiger partial charge in [-0.05, 0) is 95.2 Å². The zero-order valence-electron chi connectivity index (χ0n) is 20.5. The molecule has 0 saturated carbocycles. The Morgan fingerprint density at radius 1 is 1.06 bits per heavy atom. The third kappa shape index (κ3) is 5.75. The van der Waals surface area contributed by atoms with E-state index in [0.29, 0.717) is 26.2 Å². The number of rotatable bonds is 9. The van der Waals surface area contributed by atoms with Crippen molar-refractivity contribution in [3.05, 3.63) is 52.1 Å². The minimum atomic E-state index is -0.690. The van der Waals surface area contributed by atoms with Gasteiger partial charge in [-0.1, -0.05) is 12.1 Å². The summed E-state index contributed by atoms with van der Waals surface area (Å²) < 4.78 is 23.5. The van der Waals surface area contributed by atoms with Crippen molar-refractivity contribution in [1.82, 2.24) is 0 Å². The number of benzene rings is 2. The molecular formula is C27H35ClO5. The molecule has 0 radical (unpaired) electrons. The predicted molar refractivity (Wildman–Crippen MR) is 131 cm³/mol. The summed E-state index contributed by atoms with van der Waals surface area (Å²) in [5.74, 6) is 2.32. The second-order valence-corrected chi connectivity index (χ2v) is 9.38. The minimum Gasteiger partial charge on any atom is -0.493 e. The Labute approximate surface area is 202 Å². The summed E-state index contributed by atoms with van der Waals surface area (Å²) in [7, 11) is 0. The highest BCUT2D eigenvalue weighted by Gasteiger charge is 2.35. The highest BCUT2D eigenvalue weighted by atomic mass is 35.5. The van der Waals surface area contributed by atoms with E-state index in [4.69, 9.17) is 30.5 Å². The number of esters is 1. The molecule has 2 atom stereocenters. The molecule has 0 N–H and O–H groups in total. The molecule has 6 heteroatoms. The van der Waals surface area contributed by atoms with E-state index in [0.717, 1.165) is 46.8 Å². The Hall–Kier alpha value is -2.40. The quantitative estimate of drug-likeness (QED) is 0.335. The fourth-order valence-electron chi connectivity index (χ4n) is 4.22. The first-order valence-electron chi connectivity index (χ1n) is 11.7. The van der Waals surface area contributed by atoms with Crippen LogP contribution in [0, 0.1) is 20.8 Å². The number of carbonyl (C=O) groups is 1. The summed E-state index contributed by atoms with van der Waals surface area (Å²) >= 11 is 6.14. The van der Waals surface area contributed by atoms with E-state index in [9.17, 15) is 4.79 Å². The third-order valence-electron chi connectivity index (χ3n) is 6.28. The first-order chi connectivity index (χ1) is 15.7. The van der Waals surface area contributed by atoms with Crippen LogP contribution < -0.4 is 14.2 Å². The Balaban J connectivity index is 1.66. The van der Waals surface area contributed by atoms with Crippen LogP contribution in [0.25, 0.3) is 0 Å². The molecule has 1 aliphatic heterocycles. The average molecular weight is 475 g/mol. The lowest BCUT2D eigenvalue weighted by Gasteiger charge is -2.38. The maximum absolute atomic E-state index is 11.7. The standard InChI is InChI=1S/C27H35ClO5/c1-7-30-24-17(3)18(4)25-22(19(24)5)13-14-27(6,33-25)16-32-21-11-9-20(10-12-21)15-23(28)26(29)31-8-2/h9-12,23H,7-8,13-16H2,1-6H3. The first kappa shape index (κ1) is 25.2. The van der Waals surface area contributed by atoms with Gasteiger partial charge >= 0.3 is 5.97 Å².